The fourth-order valence-electron chi connectivity index (χ4n) is 1.59. The van der Waals surface area contributed by atoms with E-state index in [4.69, 9.17) is 39.9 Å². The standard InChI is InChI=1S/C14H15Cl2N3OS/c1-14(2,3)11-7-12(19-20-11)18-13(21)17-10-5-8(15)4-9(16)6-10/h4-7H,1-3H3,(H2,17,18,19,21). The molecule has 0 saturated carbocycles. The summed E-state index contributed by atoms with van der Waals surface area (Å²) in [7, 11) is 0. The van der Waals surface area contributed by atoms with Crippen LogP contribution in [0.15, 0.2) is 28.8 Å². The summed E-state index contributed by atoms with van der Waals surface area (Å²) in [6, 6.07) is 6.92. The van der Waals surface area contributed by atoms with Crippen LogP contribution < -0.4 is 10.6 Å². The molecule has 0 spiro atoms. The van der Waals surface area contributed by atoms with Gasteiger partial charge in [-0.05, 0) is 30.4 Å². The molecule has 0 fully saturated rings. The van der Waals surface area contributed by atoms with Crippen molar-refractivity contribution < 1.29 is 4.52 Å². The molecule has 4 nitrogen and oxygen atoms in total. The molecule has 2 rings (SSSR count). The van der Waals surface area contributed by atoms with Gasteiger partial charge in [-0.15, -0.1) is 0 Å². The summed E-state index contributed by atoms with van der Waals surface area (Å²) < 4.78 is 5.28. The Labute approximate surface area is 138 Å². The lowest BCUT2D eigenvalue weighted by Gasteiger charge is -2.12. The van der Waals surface area contributed by atoms with Crippen molar-refractivity contribution in [1.82, 2.24) is 5.16 Å². The predicted molar refractivity (Wildman–Crippen MR) is 91.5 cm³/mol. The van der Waals surface area contributed by atoms with Crippen LogP contribution in [0.4, 0.5) is 11.5 Å². The number of thiocarbonyl (C=S) groups is 1. The van der Waals surface area contributed by atoms with Crippen LogP contribution in [0.1, 0.15) is 26.5 Å². The number of benzene rings is 1. The van der Waals surface area contributed by atoms with Gasteiger partial charge in [0.15, 0.2) is 10.9 Å². The number of hydrogen-bond acceptors (Lipinski definition) is 3. The molecule has 2 N–H and O–H groups in total. The van der Waals surface area contributed by atoms with Gasteiger partial charge in [0, 0.05) is 27.2 Å². The summed E-state index contributed by atoms with van der Waals surface area (Å²) in [6.07, 6.45) is 0. The number of nitrogens with zero attached hydrogens (tertiary/aromatic N) is 1. The van der Waals surface area contributed by atoms with Crippen molar-refractivity contribution in [2.45, 2.75) is 26.2 Å². The molecule has 0 aliphatic heterocycles. The molecule has 0 unspecified atom stereocenters. The topological polar surface area (TPSA) is 50.1 Å². The van der Waals surface area contributed by atoms with Crippen LogP contribution in [0.25, 0.3) is 0 Å². The quantitative estimate of drug-likeness (QED) is 0.744. The minimum Gasteiger partial charge on any atom is -0.359 e. The van der Waals surface area contributed by atoms with E-state index in [1.54, 1.807) is 18.2 Å². The predicted octanol–water partition coefficient (Wildman–Crippen LogP) is 5.09. The number of hydrogen-bond donors (Lipinski definition) is 2. The van der Waals surface area contributed by atoms with Gasteiger partial charge in [0.25, 0.3) is 0 Å². The summed E-state index contributed by atoms with van der Waals surface area (Å²) >= 11 is 17.1. The Morgan fingerprint density at radius 1 is 1.10 bits per heavy atom. The van der Waals surface area contributed by atoms with Gasteiger partial charge in [0.1, 0.15) is 5.76 Å². The molecule has 0 bridgehead atoms. The molecule has 1 aromatic heterocycles. The molecule has 1 aromatic carbocycles. The van der Waals surface area contributed by atoms with Gasteiger partial charge >= 0.3 is 0 Å². The number of nitrogens with one attached hydrogen (secondary N) is 2. The molecule has 112 valence electrons. The third-order valence-corrected chi connectivity index (χ3v) is 3.25. The zero-order chi connectivity index (χ0) is 15.6. The van der Waals surface area contributed by atoms with E-state index in [1.165, 1.54) is 0 Å². The Hall–Kier alpha value is -1.30. The normalized spacial score (nSPS) is 11.3. The average Bonchev–Trinajstić information content (AvgIpc) is 2.75. The fourth-order valence-corrected chi connectivity index (χ4v) is 2.34. The summed E-state index contributed by atoms with van der Waals surface area (Å²) in [5.74, 6) is 1.32. The van der Waals surface area contributed by atoms with Gasteiger partial charge in [-0.3, -0.25) is 0 Å². The third-order valence-electron chi connectivity index (χ3n) is 2.61. The number of halogens is 2. The lowest BCUT2D eigenvalue weighted by molar-refractivity contribution is 0.331. The van der Waals surface area contributed by atoms with Crippen molar-refractivity contribution in [2.75, 3.05) is 10.6 Å². The Bertz CT molecular complexity index is 644. The van der Waals surface area contributed by atoms with Crippen LogP contribution >= 0.6 is 35.4 Å². The molecule has 2 aromatic rings. The lowest BCUT2D eigenvalue weighted by Crippen LogP contribution is -2.19. The highest BCUT2D eigenvalue weighted by Crippen LogP contribution is 2.25. The maximum absolute atomic E-state index is 5.93. The van der Waals surface area contributed by atoms with E-state index < -0.39 is 0 Å². The van der Waals surface area contributed by atoms with Crippen molar-refractivity contribution in [3.63, 3.8) is 0 Å². The molecule has 0 atom stereocenters. The Morgan fingerprint density at radius 2 is 1.71 bits per heavy atom. The highest BCUT2D eigenvalue weighted by Gasteiger charge is 2.19. The maximum atomic E-state index is 5.93. The first kappa shape index (κ1) is 16.1. The fraction of sp³-hybridized carbons (Fsp3) is 0.286. The van der Waals surface area contributed by atoms with Gasteiger partial charge in [-0.2, -0.15) is 0 Å². The highest BCUT2D eigenvalue weighted by molar-refractivity contribution is 7.80. The minimum atomic E-state index is -0.109. The monoisotopic (exact) mass is 343 g/mol. The second kappa shape index (κ2) is 6.22. The number of anilines is 2. The first-order chi connectivity index (χ1) is 9.74. The maximum Gasteiger partial charge on any atom is 0.176 e. The van der Waals surface area contributed by atoms with Crippen LogP contribution in [0.2, 0.25) is 10.0 Å². The van der Waals surface area contributed by atoms with E-state index in [-0.39, 0.29) is 5.41 Å². The molecule has 0 saturated heterocycles. The van der Waals surface area contributed by atoms with E-state index in [0.717, 1.165) is 5.76 Å². The second-order valence-electron chi connectivity index (χ2n) is 5.56. The second-order valence-corrected chi connectivity index (χ2v) is 6.84. The van der Waals surface area contributed by atoms with Crippen LogP contribution in [-0.4, -0.2) is 10.3 Å². The Balaban J connectivity index is 2.03. The lowest BCUT2D eigenvalue weighted by atomic mass is 9.93. The molecule has 1 heterocycles. The van der Waals surface area contributed by atoms with E-state index >= 15 is 0 Å². The smallest absolute Gasteiger partial charge is 0.176 e. The largest absolute Gasteiger partial charge is 0.359 e. The SMILES string of the molecule is CC(C)(C)c1cc(NC(=S)Nc2cc(Cl)cc(Cl)c2)no1. The van der Waals surface area contributed by atoms with Gasteiger partial charge in [-0.1, -0.05) is 49.1 Å². The number of rotatable bonds is 2. The van der Waals surface area contributed by atoms with E-state index in [0.29, 0.717) is 26.7 Å². The molecular weight excluding hydrogens is 329 g/mol. The average molecular weight is 344 g/mol. The molecule has 0 radical (unpaired) electrons. The zero-order valence-electron chi connectivity index (χ0n) is 11.8. The summed E-state index contributed by atoms with van der Waals surface area (Å²) in [5.41, 5.74) is 0.590. The van der Waals surface area contributed by atoms with Crippen LogP contribution in [0.3, 0.4) is 0 Å². The Kier molecular flexibility index (Phi) is 4.76. The molecular formula is C14H15Cl2N3OS. The van der Waals surface area contributed by atoms with E-state index in [9.17, 15) is 0 Å². The summed E-state index contributed by atoms with van der Waals surface area (Å²) in [6.45, 7) is 6.13. The minimum absolute atomic E-state index is 0.109. The Morgan fingerprint density at radius 3 is 2.24 bits per heavy atom. The molecule has 7 heteroatoms. The van der Waals surface area contributed by atoms with Crippen molar-refractivity contribution in [3.8, 4) is 0 Å². The van der Waals surface area contributed by atoms with Gasteiger partial charge < -0.3 is 15.2 Å². The summed E-state index contributed by atoms with van der Waals surface area (Å²) in [4.78, 5) is 0. The van der Waals surface area contributed by atoms with Crippen LogP contribution in [-0.2, 0) is 5.41 Å². The van der Waals surface area contributed by atoms with Gasteiger partial charge in [-0.25, -0.2) is 0 Å². The number of aromatic nitrogens is 1. The van der Waals surface area contributed by atoms with E-state index in [1.807, 2.05) is 26.8 Å². The van der Waals surface area contributed by atoms with Crippen molar-refractivity contribution >= 4 is 52.0 Å². The van der Waals surface area contributed by atoms with Gasteiger partial charge in [0.05, 0.1) is 0 Å². The molecule has 0 aliphatic rings. The van der Waals surface area contributed by atoms with Crippen molar-refractivity contribution in [3.05, 3.63) is 40.1 Å². The first-order valence-corrected chi connectivity index (χ1v) is 7.42. The molecule has 0 aliphatic carbocycles. The van der Waals surface area contributed by atoms with Crippen LogP contribution in [0, 0.1) is 0 Å². The van der Waals surface area contributed by atoms with Crippen molar-refractivity contribution in [1.29, 1.82) is 0 Å². The van der Waals surface area contributed by atoms with Gasteiger partial charge in [0.2, 0.25) is 0 Å². The summed E-state index contributed by atoms with van der Waals surface area (Å²) in [5, 5.41) is 11.3. The van der Waals surface area contributed by atoms with Crippen molar-refractivity contribution in [2.24, 2.45) is 0 Å². The molecule has 21 heavy (non-hydrogen) atoms. The van der Waals surface area contributed by atoms with E-state index in [2.05, 4.69) is 15.8 Å². The van der Waals surface area contributed by atoms with Crippen LogP contribution in [0.5, 0.6) is 0 Å². The molecule has 0 amide bonds. The highest BCUT2D eigenvalue weighted by atomic mass is 35.5. The first-order valence-electron chi connectivity index (χ1n) is 6.25. The zero-order valence-corrected chi connectivity index (χ0v) is 14.2. The third kappa shape index (κ3) is 4.59.